The Morgan fingerprint density at radius 2 is 1.91 bits per heavy atom. The molecule has 1 unspecified atom stereocenters. The first-order chi connectivity index (χ1) is 10.5. The molecular formula is C15H20N2O4S. The van der Waals surface area contributed by atoms with Gasteiger partial charge in [-0.3, -0.25) is 14.4 Å². The Kier molecular flexibility index (Phi) is 8.06. The van der Waals surface area contributed by atoms with Gasteiger partial charge in [0.2, 0.25) is 11.8 Å². The molecule has 0 fully saturated rings. The summed E-state index contributed by atoms with van der Waals surface area (Å²) in [4.78, 5) is 33.8. The third-order valence-electron chi connectivity index (χ3n) is 2.76. The summed E-state index contributed by atoms with van der Waals surface area (Å²) in [5.41, 5.74) is 0.721. The Bertz CT molecular complexity index is 508. The van der Waals surface area contributed by atoms with Crippen molar-refractivity contribution in [2.45, 2.75) is 25.0 Å². The molecule has 0 saturated heterocycles. The van der Waals surface area contributed by atoms with Crippen LogP contribution in [0.5, 0.6) is 0 Å². The van der Waals surface area contributed by atoms with E-state index in [-0.39, 0.29) is 29.2 Å². The topological polar surface area (TPSA) is 95.5 Å². The minimum Gasteiger partial charge on any atom is -0.481 e. The van der Waals surface area contributed by atoms with Crippen molar-refractivity contribution in [3.05, 3.63) is 30.3 Å². The highest BCUT2D eigenvalue weighted by Crippen LogP contribution is 2.12. The number of hydrogen-bond donors (Lipinski definition) is 3. The first-order valence-corrected chi connectivity index (χ1v) is 8.00. The number of carboxylic acid groups (broad SMARTS) is 1. The highest BCUT2D eigenvalue weighted by molar-refractivity contribution is 8.01. The summed E-state index contributed by atoms with van der Waals surface area (Å²) in [5.74, 6) is -1.06. The third kappa shape index (κ3) is 7.68. The van der Waals surface area contributed by atoms with Crippen molar-refractivity contribution < 1.29 is 19.5 Å². The van der Waals surface area contributed by atoms with E-state index in [0.717, 1.165) is 5.69 Å². The van der Waals surface area contributed by atoms with E-state index in [0.29, 0.717) is 13.0 Å². The summed E-state index contributed by atoms with van der Waals surface area (Å²) in [6.07, 6.45) is 0.425. The molecular weight excluding hydrogens is 304 g/mol. The van der Waals surface area contributed by atoms with E-state index in [9.17, 15) is 14.4 Å². The van der Waals surface area contributed by atoms with Crippen LogP contribution in [-0.4, -0.2) is 40.4 Å². The maximum atomic E-state index is 11.7. The van der Waals surface area contributed by atoms with Crippen LogP contribution < -0.4 is 10.6 Å². The van der Waals surface area contributed by atoms with Gasteiger partial charge in [0, 0.05) is 18.7 Å². The summed E-state index contributed by atoms with van der Waals surface area (Å²) in [7, 11) is 0. The summed E-state index contributed by atoms with van der Waals surface area (Å²) in [6, 6.07) is 9.11. The molecule has 0 heterocycles. The number of anilines is 1. The van der Waals surface area contributed by atoms with Gasteiger partial charge >= 0.3 is 5.97 Å². The Morgan fingerprint density at radius 3 is 2.55 bits per heavy atom. The predicted octanol–water partition coefficient (Wildman–Crippen LogP) is 1.73. The lowest BCUT2D eigenvalue weighted by Crippen LogP contribution is -2.32. The molecule has 6 nitrogen and oxygen atoms in total. The smallest absolute Gasteiger partial charge is 0.303 e. The maximum absolute atomic E-state index is 11.7. The normalized spacial score (nSPS) is 11.5. The molecule has 0 aliphatic carbocycles. The predicted molar refractivity (Wildman–Crippen MR) is 86.9 cm³/mol. The van der Waals surface area contributed by atoms with E-state index >= 15 is 0 Å². The zero-order valence-electron chi connectivity index (χ0n) is 12.4. The fourth-order valence-electron chi connectivity index (χ4n) is 1.59. The summed E-state index contributed by atoms with van der Waals surface area (Å²) >= 11 is 1.24. The lowest BCUT2D eigenvalue weighted by Gasteiger charge is -2.11. The summed E-state index contributed by atoms with van der Waals surface area (Å²) in [6.45, 7) is 2.04. The van der Waals surface area contributed by atoms with Crippen molar-refractivity contribution in [1.29, 1.82) is 0 Å². The van der Waals surface area contributed by atoms with Gasteiger partial charge in [-0.15, -0.1) is 11.8 Å². The lowest BCUT2D eigenvalue weighted by atomic mass is 10.3. The first kappa shape index (κ1) is 18.0. The molecule has 2 amide bonds. The number of amides is 2. The molecule has 0 aliphatic rings. The monoisotopic (exact) mass is 324 g/mol. The number of nitrogens with one attached hydrogen (secondary N) is 2. The highest BCUT2D eigenvalue weighted by atomic mass is 32.2. The van der Waals surface area contributed by atoms with E-state index < -0.39 is 5.97 Å². The molecule has 0 spiro atoms. The number of thioether (sulfide) groups is 1. The Hall–Kier alpha value is -2.02. The minimum absolute atomic E-state index is 0.0291. The molecule has 1 aromatic rings. The molecule has 120 valence electrons. The molecule has 7 heteroatoms. The van der Waals surface area contributed by atoms with E-state index in [1.54, 1.807) is 19.1 Å². The summed E-state index contributed by atoms with van der Waals surface area (Å²) in [5, 5.41) is 13.5. The standard InChI is InChI=1S/C15H20N2O4S/c1-11(15(21)16-9-5-8-14(19)20)22-10-13(18)17-12-6-3-2-4-7-12/h2-4,6-7,11H,5,8-10H2,1H3,(H,16,21)(H,17,18)(H,19,20). The number of carbonyl (C=O) groups is 3. The largest absolute Gasteiger partial charge is 0.481 e. The molecule has 0 aliphatic heterocycles. The second-order valence-corrected chi connectivity index (χ2v) is 5.98. The average Bonchev–Trinajstić information content (AvgIpc) is 2.49. The van der Waals surface area contributed by atoms with Crippen molar-refractivity contribution >= 4 is 35.2 Å². The van der Waals surface area contributed by atoms with Gasteiger partial charge in [-0.25, -0.2) is 0 Å². The number of aliphatic carboxylic acids is 1. The van der Waals surface area contributed by atoms with Gasteiger partial charge in [0.05, 0.1) is 11.0 Å². The molecule has 1 atom stereocenters. The number of hydrogen-bond acceptors (Lipinski definition) is 4. The van der Waals surface area contributed by atoms with Crippen molar-refractivity contribution in [3.63, 3.8) is 0 Å². The van der Waals surface area contributed by atoms with Crippen molar-refractivity contribution in [3.8, 4) is 0 Å². The van der Waals surface area contributed by atoms with E-state index in [1.165, 1.54) is 11.8 Å². The molecule has 0 bridgehead atoms. The Labute approximate surface area is 133 Å². The van der Waals surface area contributed by atoms with Crippen LogP contribution >= 0.6 is 11.8 Å². The SMILES string of the molecule is CC(SCC(=O)Nc1ccccc1)C(=O)NCCCC(=O)O. The van der Waals surface area contributed by atoms with Gasteiger partial charge < -0.3 is 15.7 Å². The van der Waals surface area contributed by atoms with Crippen molar-refractivity contribution in [2.75, 3.05) is 17.6 Å². The van der Waals surface area contributed by atoms with E-state index in [2.05, 4.69) is 10.6 Å². The van der Waals surface area contributed by atoms with Crippen LogP contribution in [-0.2, 0) is 14.4 Å². The number of benzene rings is 1. The van der Waals surface area contributed by atoms with Crippen molar-refractivity contribution in [1.82, 2.24) is 5.32 Å². The Morgan fingerprint density at radius 1 is 1.23 bits per heavy atom. The number of rotatable bonds is 9. The first-order valence-electron chi connectivity index (χ1n) is 6.95. The molecule has 0 aromatic heterocycles. The highest BCUT2D eigenvalue weighted by Gasteiger charge is 2.14. The summed E-state index contributed by atoms with van der Waals surface area (Å²) < 4.78 is 0. The van der Waals surface area contributed by atoms with Crippen LogP contribution in [0.3, 0.4) is 0 Å². The molecule has 22 heavy (non-hydrogen) atoms. The van der Waals surface area contributed by atoms with Crippen LogP contribution in [0.1, 0.15) is 19.8 Å². The molecule has 1 rings (SSSR count). The average molecular weight is 324 g/mol. The second kappa shape index (κ2) is 9.83. The van der Waals surface area contributed by atoms with Gasteiger partial charge in [0.15, 0.2) is 0 Å². The fourth-order valence-corrected chi connectivity index (χ4v) is 2.30. The molecule has 3 N–H and O–H groups in total. The number of para-hydroxylation sites is 1. The zero-order chi connectivity index (χ0) is 16.4. The number of carbonyl (C=O) groups excluding carboxylic acids is 2. The van der Waals surface area contributed by atoms with Gasteiger partial charge in [-0.2, -0.15) is 0 Å². The lowest BCUT2D eigenvalue weighted by molar-refractivity contribution is -0.137. The van der Waals surface area contributed by atoms with Crippen molar-refractivity contribution in [2.24, 2.45) is 0 Å². The molecule has 0 saturated carbocycles. The van der Waals surface area contributed by atoms with Crippen LogP contribution in [0.25, 0.3) is 0 Å². The van der Waals surface area contributed by atoms with Crippen LogP contribution in [0.15, 0.2) is 30.3 Å². The van der Waals surface area contributed by atoms with Gasteiger partial charge in [0.1, 0.15) is 0 Å². The van der Waals surface area contributed by atoms with Crippen LogP contribution in [0, 0.1) is 0 Å². The van der Waals surface area contributed by atoms with Gasteiger partial charge in [-0.05, 0) is 25.5 Å². The zero-order valence-corrected chi connectivity index (χ0v) is 13.2. The Balaban J connectivity index is 2.21. The number of carboxylic acids is 1. The van der Waals surface area contributed by atoms with Crippen LogP contribution in [0.4, 0.5) is 5.69 Å². The van der Waals surface area contributed by atoms with E-state index in [1.807, 2.05) is 18.2 Å². The second-order valence-electron chi connectivity index (χ2n) is 4.66. The van der Waals surface area contributed by atoms with Gasteiger partial charge in [-0.1, -0.05) is 18.2 Å². The van der Waals surface area contributed by atoms with Crippen LogP contribution in [0.2, 0.25) is 0 Å². The minimum atomic E-state index is -0.880. The van der Waals surface area contributed by atoms with Gasteiger partial charge in [0.25, 0.3) is 0 Å². The fraction of sp³-hybridized carbons (Fsp3) is 0.400. The molecule has 1 aromatic carbocycles. The quantitative estimate of drug-likeness (QED) is 0.601. The third-order valence-corrected chi connectivity index (χ3v) is 3.90. The molecule has 0 radical (unpaired) electrons. The maximum Gasteiger partial charge on any atom is 0.303 e. The van der Waals surface area contributed by atoms with E-state index in [4.69, 9.17) is 5.11 Å².